The van der Waals surface area contributed by atoms with E-state index in [1.54, 1.807) is 0 Å². The van der Waals surface area contributed by atoms with Gasteiger partial charge in [-0.15, -0.1) is 0 Å². The van der Waals surface area contributed by atoms with Crippen molar-refractivity contribution in [3.05, 3.63) is 50.5 Å². The van der Waals surface area contributed by atoms with E-state index in [0.29, 0.717) is 31.0 Å². The van der Waals surface area contributed by atoms with Crippen molar-refractivity contribution in [1.82, 2.24) is 14.5 Å². The third-order valence-corrected chi connectivity index (χ3v) is 7.31. The van der Waals surface area contributed by atoms with E-state index in [1.807, 2.05) is 16.2 Å². The molecule has 1 amide bonds. The maximum absolute atomic E-state index is 14.7. The highest BCUT2D eigenvalue weighted by Crippen LogP contribution is 2.67. The Morgan fingerprint density at radius 1 is 1.45 bits per heavy atom. The minimum Gasteiger partial charge on any atom is -0.379 e. The lowest BCUT2D eigenvalue weighted by Gasteiger charge is -2.16. The molecule has 0 radical (unpaired) electrons. The van der Waals surface area contributed by atoms with Crippen LogP contribution < -0.4 is 5.32 Å². The molecule has 0 unspecified atom stereocenters. The van der Waals surface area contributed by atoms with Gasteiger partial charge in [0.2, 0.25) is 5.91 Å². The second kappa shape index (κ2) is 6.62. The van der Waals surface area contributed by atoms with Gasteiger partial charge in [0, 0.05) is 48.5 Å². The summed E-state index contributed by atoms with van der Waals surface area (Å²) in [6.45, 7) is 1.57. The van der Waals surface area contributed by atoms with Gasteiger partial charge < -0.3 is 19.2 Å². The maximum atomic E-state index is 14.7. The molecule has 2 aliphatic heterocycles. The number of hydrogen-bond acceptors (Lipinski definition) is 3. The quantitative estimate of drug-likeness (QED) is 0.587. The van der Waals surface area contributed by atoms with E-state index in [-0.39, 0.29) is 34.9 Å². The molecule has 3 aliphatic rings. The Hall–Kier alpha value is -1.77. The summed E-state index contributed by atoms with van der Waals surface area (Å²) in [5, 5.41) is 2.91. The number of hydrogen-bond donors (Lipinski definition) is 1. The molecule has 1 aromatic carbocycles. The first-order chi connectivity index (χ1) is 13.8. The SMILES string of the molecule is Cn1c(CC(=O)N[C@H]2CCOC2)c2n(c1=S)C[C@@]1(c3c(F)ccc(Cl)c3F)C[C@@H]21. The Kier molecular flexibility index (Phi) is 4.38. The second-order valence-corrected chi connectivity index (χ2v) is 8.97. The van der Waals surface area contributed by atoms with Crippen molar-refractivity contribution in [2.24, 2.45) is 7.05 Å². The van der Waals surface area contributed by atoms with Crippen LogP contribution in [0.25, 0.3) is 0 Å². The van der Waals surface area contributed by atoms with Gasteiger partial charge in [0.1, 0.15) is 11.6 Å². The zero-order valence-corrected chi connectivity index (χ0v) is 17.4. The maximum Gasteiger partial charge on any atom is 0.226 e. The van der Waals surface area contributed by atoms with Crippen LogP contribution in [0.5, 0.6) is 0 Å². The number of carbonyl (C=O) groups excluding carboxylic acids is 1. The summed E-state index contributed by atoms with van der Waals surface area (Å²) in [4.78, 5) is 12.6. The van der Waals surface area contributed by atoms with Gasteiger partial charge >= 0.3 is 0 Å². The number of nitrogens with one attached hydrogen (secondary N) is 1. The molecule has 1 saturated carbocycles. The standard InChI is InChI=1S/C20H20ClF2N3O2S/c1-25-14(6-15(27)24-10-4-5-28-8-10)18-11-7-20(11,9-26(18)19(25)29)16-13(22)3-2-12(21)17(16)23/h2-3,10-11H,4-9H2,1H3,(H,24,27)/t10-,11-,20-/m0/s1. The van der Waals surface area contributed by atoms with Gasteiger partial charge in [0.05, 0.1) is 24.1 Å². The first-order valence-corrected chi connectivity index (χ1v) is 10.4. The summed E-state index contributed by atoms with van der Waals surface area (Å²) in [5.74, 6) is -1.46. The normalized spacial score (nSPS) is 27.0. The molecule has 1 N–H and O–H groups in total. The number of fused-ring (bicyclic) bond motifs is 3. The van der Waals surface area contributed by atoms with E-state index in [2.05, 4.69) is 5.32 Å². The van der Waals surface area contributed by atoms with Crippen LogP contribution >= 0.6 is 23.8 Å². The van der Waals surface area contributed by atoms with Gasteiger partial charge in [-0.2, -0.15) is 0 Å². The lowest BCUT2D eigenvalue weighted by Crippen LogP contribution is -2.36. The van der Waals surface area contributed by atoms with Crippen molar-refractivity contribution in [1.29, 1.82) is 0 Å². The van der Waals surface area contributed by atoms with Crippen molar-refractivity contribution in [3.63, 3.8) is 0 Å². The number of carbonyl (C=O) groups is 1. The largest absolute Gasteiger partial charge is 0.379 e. The highest BCUT2D eigenvalue weighted by atomic mass is 35.5. The second-order valence-electron chi connectivity index (χ2n) is 8.20. The molecular weight excluding hydrogens is 420 g/mol. The van der Waals surface area contributed by atoms with Crippen LogP contribution in [-0.2, 0) is 35.0 Å². The summed E-state index contributed by atoms with van der Waals surface area (Å²) in [6, 6.07) is 2.48. The molecule has 154 valence electrons. The third-order valence-electron chi connectivity index (χ3n) is 6.52. The Morgan fingerprint density at radius 3 is 2.97 bits per heavy atom. The summed E-state index contributed by atoms with van der Waals surface area (Å²) in [6.07, 6.45) is 1.59. The number of benzene rings is 1. The van der Waals surface area contributed by atoms with E-state index in [0.717, 1.165) is 17.8 Å². The van der Waals surface area contributed by atoms with Crippen LogP contribution in [0.4, 0.5) is 8.78 Å². The van der Waals surface area contributed by atoms with Gasteiger partial charge in [-0.3, -0.25) is 4.79 Å². The average molecular weight is 440 g/mol. The fourth-order valence-electron chi connectivity index (χ4n) is 5.02. The van der Waals surface area contributed by atoms with E-state index < -0.39 is 17.0 Å². The van der Waals surface area contributed by atoms with Crippen molar-refractivity contribution in [3.8, 4) is 0 Å². The van der Waals surface area contributed by atoms with E-state index >= 15 is 0 Å². The van der Waals surface area contributed by atoms with Crippen molar-refractivity contribution < 1.29 is 18.3 Å². The smallest absolute Gasteiger partial charge is 0.226 e. The van der Waals surface area contributed by atoms with Gasteiger partial charge in [-0.25, -0.2) is 8.78 Å². The molecule has 5 rings (SSSR count). The molecule has 3 heterocycles. The molecule has 2 aromatic rings. The summed E-state index contributed by atoms with van der Waals surface area (Å²) < 4.78 is 39.0. The Labute approximate surface area is 176 Å². The van der Waals surface area contributed by atoms with Gasteiger partial charge in [0.15, 0.2) is 4.77 Å². The number of ether oxygens (including phenoxy) is 1. The first-order valence-electron chi connectivity index (χ1n) is 9.63. The van der Waals surface area contributed by atoms with E-state index in [1.165, 1.54) is 12.1 Å². The third kappa shape index (κ3) is 2.79. The molecule has 1 saturated heterocycles. The fraction of sp³-hybridized carbons (Fsp3) is 0.500. The lowest BCUT2D eigenvalue weighted by atomic mass is 9.92. The predicted octanol–water partition coefficient (Wildman–Crippen LogP) is 3.37. The summed E-state index contributed by atoms with van der Waals surface area (Å²) in [5.41, 5.74) is 1.07. The number of halogens is 3. The topological polar surface area (TPSA) is 48.2 Å². The van der Waals surface area contributed by atoms with Crippen molar-refractivity contribution in [2.75, 3.05) is 13.2 Å². The number of amides is 1. The van der Waals surface area contributed by atoms with Gasteiger partial charge in [-0.1, -0.05) is 11.6 Å². The number of nitrogens with zero attached hydrogens (tertiary/aromatic N) is 2. The molecule has 0 bridgehead atoms. The average Bonchev–Trinajstić information content (AvgIpc) is 2.97. The molecule has 5 nitrogen and oxygen atoms in total. The van der Waals surface area contributed by atoms with Crippen molar-refractivity contribution in [2.45, 2.75) is 43.2 Å². The minimum absolute atomic E-state index is 0.0288. The Bertz CT molecular complexity index is 1090. The van der Waals surface area contributed by atoms with Crippen molar-refractivity contribution >= 4 is 29.7 Å². The minimum atomic E-state index is -0.698. The molecule has 0 spiro atoms. The number of rotatable bonds is 4. The monoisotopic (exact) mass is 439 g/mol. The van der Waals surface area contributed by atoms with Gasteiger partial charge in [0.25, 0.3) is 0 Å². The van der Waals surface area contributed by atoms with E-state index in [4.69, 9.17) is 28.6 Å². The van der Waals surface area contributed by atoms with Crippen LogP contribution in [0.2, 0.25) is 5.02 Å². The zero-order valence-electron chi connectivity index (χ0n) is 15.8. The van der Waals surface area contributed by atoms with Crippen LogP contribution in [0.15, 0.2) is 12.1 Å². The molecule has 9 heteroatoms. The fourth-order valence-corrected chi connectivity index (χ4v) is 5.45. The zero-order chi connectivity index (χ0) is 20.5. The molecule has 1 aliphatic carbocycles. The lowest BCUT2D eigenvalue weighted by molar-refractivity contribution is -0.121. The van der Waals surface area contributed by atoms with Crippen LogP contribution in [-0.4, -0.2) is 34.3 Å². The van der Waals surface area contributed by atoms with Gasteiger partial charge in [-0.05, 0) is 37.2 Å². The Morgan fingerprint density at radius 2 is 2.24 bits per heavy atom. The number of imidazole rings is 1. The summed E-state index contributed by atoms with van der Waals surface area (Å²) >= 11 is 11.5. The molecule has 3 atom stereocenters. The Balaban J connectivity index is 1.48. The van der Waals surface area contributed by atoms with E-state index in [9.17, 15) is 13.6 Å². The molecule has 29 heavy (non-hydrogen) atoms. The molecule has 1 aromatic heterocycles. The van der Waals surface area contributed by atoms with Crippen LogP contribution in [0, 0.1) is 16.4 Å². The predicted molar refractivity (Wildman–Crippen MR) is 106 cm³/mol. The molecule has 2 fully saturated rings. The number of aromatic nitrogens is 2. The highest BCUT2D eigenvalue weighted by Gasteiger charge is 2.64. The summed E-state index contributed by atoms with van der Waals surface area (Å²) in [7, 11) is 1.83. The van der Waals surface area contributed by atoms with Crippen LogP contribution in [0.1, 0.15) is 35.7 Å². The first kappa shape index (κ1) is 19.2. The van der Waals surface area contributed by atoms with Crippen LogP contribution in [0.3, 0.4) is 0 Å². The highest BCUT2D eigenvalue weighted by molar-refractivity contribution is 7.71. The molecular formula is C20H20ClF2N3O2S.